The van der Waals surface area contributed by atoms with E-state index in [0.717, 1.165) is 25.9 Å². The monoisotopic (exact) mass is 310 g/mol. The van der Waals surface area contributed by atoms with E-state index in [1.165, 1.54) is 45.2 Å². The van der Waals surface area contributed by atoms with Crippen LogP contribution in [0.2, 0.25) is 0 Å². The lowest BCUT2D eigenvalue weighted by Crippen LogP contribution is -2.47. The van der Waals surface area contributed by atoms with Gasteiger partial charge >= 0.3 is 6.09 Å². The number of nitrogens with zero attached hydrogens (tertiary/aromatic N) is 2. The first-order valence-electron chi connectivity index (χ1n) is 9.03. The molecule has 2 heterocycles. The van der Waals surface area contributed by atoms with Gasteiger partial charge in [-0.2, -0.15) is 0 Å². The molecular weight excluding hydrogens is 276 g/mol. The van der Waals surface area contributed by atoms with Crippen molar-refractivity contribution in [3.8, 4) is 0 Å². The van der Waals surface area contributed by atoms with Crippen LogP contribution < -0.4 is 0 Å². The van der Waals surface area contributed by atoms with Gasteiger partial charge in [0.1, 0.15) is 5.60 Å². The molecule has 1 amide bonds. The van der Waals surface area contributed by atoms with Gasteiger partial charge in [-0.25, -0.2) is 4.79 Å². The highest BCUT2D eigenvalue weighted by molar-refractivity contribution is 5.68. The lowest BCUT2D eigenvalue weighted by molar-refractivity contribution is 0.0242. The first-order chi connectivity index (χ1) is 10.3. The summed E-state index contributed by atoms with van der Waals surface area (Å²) in [6.07, 6.45) is 8.57. The molecule has 2 saturated heterocycles. The van der Waals surface area contributed by atoms with E-state index in [-0.39, 0.29) is 11.6 Å². The quantitative estimate of drug-likeness (QED) is 0.732. The topological polar surface area (TPSA) is 32.8 Å². The number of amides is 1. The van der Waals surface area contributed by atoms with Crippen LogP contribution in [0.1, 0.15) is 72.6 Å². The third-order valence-electron chi connectivity index (χ3n) is 5.08. The molecule has 0 aromatic carbocycles. The molecule has 2 aliphatic heterocycles. The highest BCUT2D eigenvalue weighted by Gasteiger charge is 2.35. The molecule has 128 valence electrons. The van der Waals surface area contributed by atoms with E-state index in [4.69, 9.17) is 4.74 Å². The normalized spacial score (nSPS) is 28.8. The Kier molecular flexibility index (Phi) is 5.76. The van der Waals surface area contributed by atoms with Crippen molar-refractivity contribution in [2.24, 2.45) is 0 Å². The summed E-state index contributed by atoms with van der Waals surface area (Å²) in [7, 11) is 0. The Morgan fingerprint density at radius 1 is 0.909 bits per heavy atom. The van der Waals surface area contributed by atoms with Gasteiger partial charge in [-0.1, -0.05) is 12.8 Å². The molecule has 2 aliphatic rings. The maximum atomic E-state index is 12.3. The smallest absolute Gasteiger partial charge is 0.410 e. The summed E-state index contributed by atoms with van der Waals surface area (Å²) in [5.74, 6) is 0. The number of hydrogen-bond acceptors (Lipinski definition) is 3. The van der Waals surface area contributed by atoms with Crippen molar-refractivity contribution in [2.45, 2.75) is 83.8 Å². The summed E-state index contributed by atoms with van der Waals surface area (Å²) < 4.78 is 5.54. The highest BCUT2D eigenvalue weighted by Crippen LogP contribution is 2.31. The third-order valence-corrected chi connectivity index (χ3v) is 5.08. The van der Waals surface area contributed by atoms with Gasteiger partial charge in [-0.15, -0.1) is 0 Å². The number of rotatable bonds is 1. The first kappa shape index (κ1) is 17.6. The average Bonchev–Trinajstić information content (AvgIpc) is 2.78. The maximum absolute atomic E-state index is 12.3. The second-order valence-electron chi connectivity index (χ2n) is 8.22. The number of likely N-dealkylation sites (tertiary alicyclic amines) is 2. The molecule has 0 aromatic rings. The molecular formula is C18H34N2O2. The Bertz CT molecular complexity index is 370. The van der Waals surface area contributed by atoms with Gasteiger partial charge < -0.3 is 9.64 Å². The average molecular weight is 310 g/mol. The Morgan fingerprint density at radius 3 is 2.14 bits per heavy atom. The van der Waals surface area contributed by atoms with Crippen LogP contribution in [0.4, 0.5) is 4.79 Å². The lowest BCUT2D eigenvalue weighted by atomic mass is 9.90. The minimum Gasteiger partial charge on any atom is -0.444 e. The first-order valence-corrected chi connectivity index (χ1v) is 9.03. The molecule has 0 aromatic heterocycles. The van der Waals surface area contributed by atoms with Crippen molar-refractivity contribution >= 4 is 6.09 Å². The highest BCUT2D eigenvalue weighted by atomic mass is 16.6. The van der Waals surface area contributed by atoms with E-state index in [0.29, 0.717) is 0 Å². The Morgan fingerprint density at radius 2 is 1.55 bits per heavy atom. The molecule has 0 saturated carbocycles. The number of hydrogen-bond donors (Lipinski definition) is 0. The van der Waals surface area contributed by atoms with Gasteiger partial charge in [0.05, 0.1) is 0 Å². The van der Waals surface area contributed by atoms with E-state index in [2.05, 4.69) is 11.8 Å². The van der Waals surface area contributed by atoms with Crippen LogP contribution in [-0.4, -0.2) is 53.2 Å². The molecule has 0 bridgehead atoms. The molecule has 0 aliphatic carbocycles. The van der Waals surface area contributed by atoms with Crippen molar-refractivity contribution in [3.05, 3.63) is 0 Å². The molecule has 0 spiro atoms. The van der Waals surface area contributed by atoms with Crippen LogP contribution >= 0.6 is 0 Å². The van der Waals surface area contributed by atoms with E-state index in [1.807, 2.05) is 25.7 Å². The van der Waals surface area contributed by atoms with Gasteiger partial charge in [-0.05, 0) is 72.9 Å². The van der Waals surface area contributed by atoms with Crippen LogP contribution in [-0.2, 0) is 4.74 Å². The molecule has 0 N–H and O–H groups in total. The summed E-state index contributed by atoms with van der Waals surface area (Å²) in [4.78, 5) is 16.9. The molecule has 0 radical (unpaired) electrons. The number of carbonyl (C=O) groups excluding carboxylic acids is 1. The minimum absolute atomic E-state index is 0.146. The largest absolute Gasteiger partial charge is 0.444 e. The zero-order valence-electron chi connectivity index (χ0n) is 15.0. The van der Waals surface area contributed by atoms with Gasteiger partial charge in [0.2, 0.25) is 0 Å². The summed E-state index contributed by atoms with van der Waals surface area (Å²) in [5, 5.41) is 0. The molecule has 1 atom stereocenters. The molecule has 4 nitrogen and oxygen atoms in total. The van der Waals surface area contributed by atoms with Crippen molar-refractivity contribution in [1.29, 1.82) is 0 Å². The van der Waals surface area contributed by atoms with Crippen LogP contribution in [0, 0.1) is 0 Å². The van der Waals surface area contributed by atoms with Crippen molar-refractivity contribution in [3.63, 3.8) is 0 Å². The van der Waals surface area contributed by atoms with E-state index in [1.54, 1.807) is 0 Å². The second-order valence-corrected chi connectivity index (χ2v) is 8.22. The van der Waals surface area contributed by atoms with Crippen molar-refractivity contribution in [1.82, 2.24) is 9.80 Å². The third kappa shape index (κ3) is 4.87. The van der Waals surface area contributed by atoms with E-state index in [9.17, 15) is 4.79 Å². The summed E-state index contributed by atoms with van der Waals surface area (Å²) in [6.45, 7) is 12.3. The molecule has 2 rings (SSSR count). The molecule has 22 heavy (non-hydrogen) atoms. The van der Waals surface area contributed by atoms with Crippen LogP contribution in [0.15, 0.2) is 0 Å². The van der Waals surface area contributed by atoms with E-state index < -0.39 is 5.60 Å². The van der Waals surface area contributed by atoms with E-state index >= 15 is 0 Å². The Labute approximate surface area is 136 Å². The van der Waals surface area contributed by atoms with Crippen LogP contribution in [0.3, 0.4) is 0 Å². The van der Waals surface area contributed by atoms with Gasteiger partial charge in [0.15, 0.2) is 0 Å². The Hall–Kier alpha value is -0.770. The molecule has 1 unspecified atom stereocenters. The maximum Gasteiger partial charge on any atom is 0.410 e. The van der Waals surface area contributed by atoms with Crippen LogP contribution in [0.25, 0.3) is 0 Å². The SMILES string of the molecule is CC(C)(C)OC(=O)N1CCCC(C)(N2CCCCCC2)CC1. The standard InChI is InChI=1S/C18H34N2O2/c1-17(2,3)22-16(21)19-12-9-10-18(4,11-15-19)20-13-7-5-6-8-14-20/h5-15H2,1-4H3. The molecule has 2 fully saturated rings. The van der Waals surface area contributed by atoms with Gasteiger partial charge in [0.25, 0.3) is 0 Å². The fraction of sp³-hybridized carbons (Fsp3) is 0.944. The Balaban J connectivity index is 1.94. The van der Waals surface area contributed by atoms with Gasteiger partial charge in [-0.3, -0.25) is 4.90 Å². The predicted octanol–water partition coefficient (Wildman–Crippen LogP) is 4.04. The summed E-state index contributed by atoms with van der Waals surface area (Å²) >= 11 is 0. The number of ether oxygens (including phenoxy) is 1. The second kappa shape index (κ2) is 7.20. The summed E-state index contributed by atoms with van der Waals surface area (Å²) in [5.41, 5.74) is -0.154. The molecule has 4 heteroatoms. The zero-order chi connectivity index (χ0) is 16.2. The fourth-order valence-electron chi connectivity index (χ4n) is 3.70. The van der Waals surface area contributed by atoms with Crippen molar-refractivity contribution < 1.29 is 9.53 Å². The zero-order valence-corrected chi connectivity index (χ0v) is 15.0. The lowest BCUT2D eigenvalue weighted by Gasteiger charge is -2.40. The predicted molar refractivity (Wildman–Crippen MR) is 90.1 cm³/mol. The van der Waals surface area contributed by atoms with Crippen LogP contribution in [0.5, 0.6) is 0 Å². The van der Waals surface area contributed by atoms with Crippen molar-refractivity contribution in [2.75, 3.05) is 26.2 Å². The van der Waals surface area contributed by atoms with Gasteiger partial charge in [0, 0.05) is 18.6 Å². The summed E-state index contributed by atoms with van der Waals surface area (Å²) in [6, 6.07) is 0. The minimum atomic E-state index is -0.405. The fourth-order valence-corrected chi connectivity index (χ4v) is 3.70. The number of carbonyl (C=O) groups is 1.